The van der Waals surface area contributed by atoms with Gasteiger partial charge >= 0.3 is 11.9 Å². The van der Waals surface area contributed by atoms with Crippen LogP contribution >= 0.6 is 0 Å². The largest absolute Gasteiger partial charge is 0.461 e. The average molecular weight is 434 g/mol. The Morgan fingerprint density at radius 3 is 2.74 bits per heavy atom. The Kier molecular flexibility index (Phi) is 3.46. The van der Waals surface area contributed by atoms with Crippen LogP contribution in [0.3, 0.4) is 0 Å². The number of carbonyl (C=O) groups is 2. The topological polar surface area (TPSA) is 132 Å². The zero-order chi connectivity index (χ0) is 22.3. The molecule has 6 rings (SSSR count). The van der Waals surface area contributed by atoms with Crippen LogP contribution in [-0.4, -0.2) is 68.8 Å². The smallest absolute Gasteiger partial charge is 0.319 e. The van der Waals surface area contributed by atoms with Crippen LogP contribution in [0.4, 0.5) is 0 Å². The first kappa shape index (κ1) is 19.9. The van der Waals surface area contributed by atoms with Gasteiger partial charge in [-0.15, -0.1) is 0 Å². The highest BCUT2D eigenvalue weighted by Crippen LogP contribution is 2.79. The Morgan fingerprint density at radius 2 is 2.06 bits per heavy atom. The van der Waals surface area contributed by atoms with Crippen LogP contribution in [0.15, 0.2) is 23.8 Å². The third-order valence-corrected chi connectivity index (χ3v) is 8.70. The summed E-state index contributed by atoms with van der Waals surface area (Å²) in [6.07, 6.45) is -1.85. The molecular weight excluding hydrogens is 408 g/mol. The Morgan fingerprint density at radius 1 is 1.35 bits per heavy atom. The van der Waals surface area contributed by atoms with E-state index in [9.17, 15) is 24.9 Å². The van der Waals surface area contributed by atoms with Crippen LogP contribution in [0.2, 0.25) is 0 Å². The maximum absolute atomic E-state index is 13.5. The van der Waals surface area contributed by atoms with E-state index in [0.29, 0.717) is 11.1 Å². The second-order valence-electron chi connectivity index (χ2n) is 10.2. The molecule has 6 aliphatic rings. The van der Waals surface area contributed by atoms with Crippen molar-refractivity contribution in [2.75, 3.05) is 0 Å². The fraction of sp³-hybridized carbons (Fsp3) is 0.727. The standard InChI is InChI=1S/C22H26O9/c1-8-6-20-15-14-12(7-19(15,4)26)29-18(25)21(14,20)13(28-10(3)23)5-11-9(2)17(24)30-16(11)22(8,27)31-20/h6,11-17,24,26-27H,2,5,7H2,1,3-4H3/t11-,12-,13+,14?,15-,16-,17-,19-,20-,21+,22-/m0/s1. The van der Waals surface area contributed by atoms with Gasteiger partial charge in [0.05, 0.1) is 5.60 Å². The summed E-state index contributed by atoms with van der Waals surface area (Å²) >= 11 is 0. The highest BCUT2D eigenvalue weighted by molar-refractivity contribution is 5.87. The first-order chi connectivity index (χ1) is 14.4. The summed E-state index contributed by atoms with van der Waals surface area (Å²) in [5, 5.41) is 33.2. The van der Waals surface area contributed by atoms with Crippen LogP contribution < -0.4 is 0 Å². The molecule has 0 amide bonds. The van der Waals surface area contributed by atoms with Crippen molar-refractivity contribution in [2.24, 2.45) is 23.2 Å². The van der Waals surface area contributed by atoms with Gasteiger partial charge in [-0.2, -0.15) is 0 Å². The molecule has 2 spiro atoms. The van der Waals surface area contributed by atoms with Gasteiger partial charge < -0.3 is 34.3 Å². The van der Waals surface area contributed by atoms with Gasteiger partial charge in [-0.3, -0.25) is 9.59 Å². The van der Waals surface area contributed by atoms with Gasteiger partial charge in [0.2, 0.25) is 5.79 Å². The van der Waals surface area contributed by atoms with Gasteiger partial charge in [-0.1, -0.05) is 6.58 Å². The van der Waals surface area contributed by atoms with Gasteiger partial charge in [0.15, 0.2) is 6.29 Å². The summed E-state index contributed by atoms with van der Waals surface area (Å²) in [6, 6.07) is 0. The third-order valence-electron chi connectivity index (χ3n) is 8.70. The molecule has 3 saturated heterocycles. The van der Waals surface area contributed by atoms with E-state index in [4.69, 9.17) is 18.9 Å². The molecule has 0 aromatic carbocycles. The zero-order valence-corrected chi connectivity index (χ0v) is 17.5. The lowest BCUT2D eigenvalue weighted by molar-refractivity contribution is -0.371. The normalized spacial score (nSPS) is 58.4. The van der Waals surface area contributed by atoms with E-state index in [2.05, 4.69) is 6.58 Å². The zero-order valence-electron chi connectivity index (χ0n) is 17.5. The first-order valence-electron chi connectivity index (χ1n) is 10.7. The first-order valence-corrected chi connectivity index (χ1v) is 10.7. The molecule has 2 saturated carbocycles. The van der Waals surface area contributed by atoms with E-state index in [1.54, 1.807) is 19.9 Å². The van der Waals surface area contributed by atoms with E-state index in [1.807, 2.05) is 0 Å². The molecule has 9 nitrogen and oxygen atoms in total. The van der Waals surface area contributed by atoms with Gasteiger partial charge in [-0.05, 0) is 37.5 Å². The summed E-state index contributed by atoms with van der Waals surface area (Å²) in [6.45, 7) is 8.52. The molecule has 0 aromatic rings. The Balaban J connectivity index is 1.61. The maximum atomic E-state index is 13.5. The SMILES string of the molecule is C=C1[C@@H](O)O[C@H]2[C@H]1C[C@@H](OC(C)=O)[C@]13C(=O)O[C@H]4C[C@](C)(O)[C@H](C41)[C@@]31C=C(C)[C@]2(O)O1. The monoisotopic (exact) mass is 434 g/mol. The van der Waals surface area contributed by atoms with Crippen LogP contribution in [0, 0.1) is 23.2 Å². The minimum atomic E-state index is -1.94. The van der Waals surface area contributed by atoms with E-state index < -0.39 is 76.7 Å². The minimum absolute atomic E-state index is 0.0991. The Bertz CT molecular complexity index is 970. The molecule has 0 aromatic heterocycles. The second-order valence-corrected chi connectivity index (χ2v) is 10.2. The highest BCUT2D eigenvalue weighted by atomic mass is 16.7. The van der Waals surface area contributed by atoms with Crippen LogP contribution in [-0.2, 0) is 28.5 Å². The van der Waals surface area contributed by atoms with Crippen LogP contribution in [0.25, 0.3) is 0 Å². The maximum Gasteiger partial charge on any atom is 0.319 e. The summed E-state index contributed by atoms with van der Waals surface area (Å²) in [4.78, 5) is 25.6. The van der Waals surface area contributed by atoms with E-state index in [-0.39, 0.29) is 12.8 Å². The van der Waals surface area contributed by atoms with Crippen molar-refractivity contribution in [3.63, 3.8) is 0 Å². The van der Waals surface area contributed by atoms with Crippen molar-refractivity contribution in [1.29, 1.82) is 0 Å². The molecule has 31 heavy (non-hydrogen) atoms. The summed E-state index contributed by atoms with van der Waals surface area (Å²) in [7, 11) is 0. The molecule has 9 heteroatoms. The van der Waals surface area contributed by atoms with Crippen LogP contribution in [0.1, 0.15) is 33.6 Å². The second kappa shape index (κ2) is 5.40. The number of esters is 2. The number of aliphatic hydroxyl groups excluding tert-OH is 1. The van der Waals surface area contributed by atoms with E-state index in [1.165, 1.54) is 6.92 Å². The Hall–Kier alpha value is -1.78. The van der Waals surface area contributed by atoms with Gasteiger partial charge in [-0.25, -0.2) is 0 Å². The molecule has 168 valence electrons. The molecule has 2 aliphatic carbocycles. The molecule has 4 aliphatic heterocycles. The van der Waals surface area contributed by atoms with E-state index >= 15 is 0 Å². The molecule has 5 fully saturated rings. The Labute approximate surface area is 178 Å². The number of ether oxygens (including phenoxy) is 4. The fourth-order valence-corrected chi connectivity index (χ4v) is 7.74. The quantitative estimate of drug-likeness (QED) is 0.383. The molecule has 0 radical (unpaired) electrons. The third kappa shape index (κ3) is 1.89. The van der Waals surface area contributed by atoms with Gasteiger partial charge in [0.1, 0.15) is 29.3 Å². The molecule has 1 unspecified atom stereocenters. The lowest BCUT2D eigenvalue weighted by Crippen LogP contribution is -2.79. The molecule has 11 atom stereocenters. The summed E-state index contributed by atoms with van der Waals surface area (Å²) < 4.78 is 23.5. The highest BCUT2D eigenvalue weighted by Gasteiger charge is 2.92. The van der Waals surface area contributed by atoms with Crippen molar-refractivity contribution in [1.82, 2.24) is 0 Å². The van der Waals surface area contributed by atoms with Crippen molar-refractivity contribution in [3.05, 3.63) is 23.8 Å². The van der Waals surface area contributed by atoms with Crippen LogP contribution in [0.5, 0.6) is 0 Å². The number of hydrogen-bond acceptors (Lipinski definition) is 9. The van der Waals surface area contributed by atoms with Gasteiger partial charge in [0.25, 0.3) is 0 Å². The van der Waals surface area contributed by atoms with Crippen molar-refractivity contribution < 1.29 is 43.9 Å². The number of carbonyl (C=O) groups excluding carboxylic acids is 2. The predicted molar refractivity (Wildman–Crippen MR) is 101 cm³/mol. The number of aliphatic hydroxyl groups is 3. The molecule has 2 bridgehead atoms. The summed E-state index contributed by atoms with van der Waals surface area (Å²) in [5.74, 6) is -4.70. The van der Waals surface area contributed by atoms with Crippen molar-refractivity contribution in [3.8, 4) is 0 Å². The molecule has 3 N–H and O–H groups in total. The lowest BCUT2D eigenvalue weighted by Gasteiger charge is -2.65. The fourth-order valence-electron chi connectivity index (χ4n) is 7.74. The summed E-state index contributed by atoms with van der Waals surface area (Å²) in [5.41, 5.74) is -3.35. The average Bonchev–Trinajstić information content (AvgIpc) is 3.24. The predicted octanol–water partition coefficient (Wildman–Crippen LogP) is -0.0722. The number of rotatable bonds is 1. The number of fused-ring (bicyclic) bond motifs is 3. The van der Waals surface area contributed by atoms with E-state index in [0.717, 1.165) is 0 Å². The van der Waals surface area contributed by atoms with Crippen molar-refractivity contribution in [2.45, 2.75) is 75.2 Å². The number of hydrogen-bond donors (Lipinski definition) is 3. The minimum Gasteiger partial charge on any atom is -0.461 e. The van der Waals surface area contributed by atoms with Crippen molar-refractivity contribution >= 4 is 11.9 Å². The van der Waals surface area contributed by atoms with Gasteiger partial charge in [0, 0.05) is 31.1 Å². The molecular formula is C22H26O9. The molecule has 4 heterocycles. The lowest BCUT2D eigenvalue weighted by atomic mass is 9.41.